The Morgan fingerprint density at radius 1 is 1.50 bits per heavy atom. The number of hydrogen-bond donors (Lipinski definition) is 2. The normalized spacial score (nSPS) is 31.8. The fourth-order valence-electron chi connectivity index (χ4n) is 1.24. The van der Waals surface area contributed by atoms with Gasteiger partial charge in [0.1, 0.15) is 6.67 Å². The van der Waals surface area contributed by atoms with Crippen molar-refractivity contribution in [3.05, 3.63) is 0 Å². The van der Waals surface area contributed by atoms with E-state index in [2.05, 4.69) is 5.32 Å². The van der Waals surface area contributed by atoms with E-state index in [0.717, 1.165) is 19.4 Å². The number of aliphatic hydroxyl groups is 1. The maximum atomic E-state index is 11.5. The summed E-state index contributed by atoms with van der Waals surface area (Å²) in [5, 5.41) is 11.8. The lowest BCUT2D eigenvalue weighted by Crippen LogP contribution is -2.36. The van der Waals surface area contributed by atoms with Crippen molar-refractivity contribution in [2.24, 2.45) is 5.92 Å². The van der Waals surface area contributed by atoms with Gasteiger partial charge in [-0.15, -0.1) is 0 Å². The summed E-state index contributed by atoms with van der Waals surface area (Å²) in [6.45, 7) is 1.02. The Balaban J connectivity index is 1.86. The average Bonchev–Trinajstić information content (AvgIpc) is 1.85. The third-order valence-electron chi connectivity index (χ3n) is 1.92. The van der Waals surface area contributed by atoms with E-state index in [4.69, 9.17) is 5.11 Å². The monoisotopic (exact) mass is 147 g/mol. The summed E-state index contributed by atoms with van der Waals surface area (Å²) in [7, 11) is 0. The standard InChI is InChI=1S/C7H14FNO/c8-1-2-9-5-6-3-7(10)4-6/h6-7,9-10H,1-5H2. The molecule has 0 bridgehead atoms. The zero-order chi connectivity index (χ0) is 7.40. The van der Waals surface area contributed by atoms with Gasteiger partial charge >= 0.3 is 0 Å². The van der Waals surface area contributed by atoms with Crippen LogP contribution in [0.4, 0.5) is 4.39 Å². The predicted molar refractivity (Wildman–Crippen MR) is 37.6 cm³/mol. The van der Waals surface area contributed by atoms with E-state index >= 15 is 0 Å². The summed E-state index contributed by atoms with van der Waals surface area (Å²) in [6, 6.07) is 0. The minimum absolute atomic E-state index is 0.0859. The third-order valence-corrected chi connectivity index (χ3v) is 1.92. The molecule has 1 aliphatic rings. The Morgan fingerprint density at radius 3 is 2.70 bits per heavy atom. The van der Waals surface area contributed by atoms with Gasteiger partial charge in [-0.1, -0.05) is 0 Å². The van der Waals surface area contributed by atoms with Crippen molar-refractivity contribution in [2.45, 2.75) is 18.9 Å². The van der Waals surface area contributed by atoms with Crippen molar-refractivity contribution in [1.29, 1.82) is 0 Å². The summed E-state index contributed by atoms with van der Waals surface area (Å²) in [6.07, 6.45) is 1.69. The van der Waals surface area contributed by atoms with Gasteiger partial charge in [0.15, 0.2) is 0 Å². The van der Waals surface area contributed by atoms with Crippen LogP contribution >= 0.6 is 0 Å². The highest BCUT2D eigenvalue weighted by atomic mass is 19.1. The summed E-state index contributed by atoms with van der Waals surface area (Å²) >= 11 is 0. The first-order chi connectivity index (χ1) is 4.83. The molecule has 2 N–H and O–H groups in total. The molecule has 0 atom stereocenters. The van der Waals surface area contributed by atoms with Gasteiger partial charge in [-0.25, -0.2) is 4.39 Å². The molecule has 0 amide bonds. The minimum Gasteiger partial charge on any atom is -0.393 e. The topological polar surface area (TPSA) is 32.3 Å². The van der Waals surface area contributed by atoms with E-state index in [-0.39, 0.29) is 12.8 Å². The Morgan fingerprint density at radius 2 is 2.20 bits per heavy atom. The highest BCUT2D eigenvalue weighted by Gasteiger charge is 2.26. The Kier molecular flexibility index (Phi) is 3.09. The number of aliphatic hydroxyl groups excluding tert-OH is 1. The van der Waals surface area contributed by atoms with Gasteiger partial charge < -0.3 is 10.4 Å². The average molecular weight is 147 g/mol. The molecule has 2 nitrogen and oxygen atoms in total. The third kappa shape index (κ3) is 2.23. The molecule has 0 aromatic heterocycles. The second-order valence-corrected chi connectivity index (χ2v) is 2.88. The zero-order valence-electron chi connectivity index (χ0n) is 6.02. The molecule has 0 unspecified atom stereocenters. The summed E-state index contributed by atoms with van der Waals surface area (Å²) < 4.78 is 11.5. The first kappa shape index (κ1) is 7.95. The summed E-state index contributed by atoms with van der Waals surface area (Å²) in [4.78, 5) is 0. The van der Waals surface area contributed by atoms with Crippen LogP contribution in [0.2, 0.25) is 0 Å². The van der Waals surface area contributed by atoms with E-state index in [1.54, 1.807) is 0 Å². The lowest BCUT2D eigenvalue weighted by atomic mass is 9.82. The van der Waals surface area contributed by atoms with Gasteiger partial charge in [0, 0.05) is 6.54 Å². The van der Waals surface area contributed by atoms with Crippen LogP contribution in [0.5, 0.6) is 0 Å². The number of nitrogens with one attached hydrogen (secondary N) is 1. The van der Waals surface area contributed by atoms with Crippen LogP contribution < -0.4 is 5.32 Å². The van der Waals surface area contributed by atoms with Crippen LogP contribution in [0.1, 0.15) is 12.8 Å². The van der Waals surface area contributed by atoms with Crippen molar-refractivity contribution >= 4 is 0 Å². The molecule has 0 aromatic rings. The molecule has 1 aliphatic carbocycles. The number of hydrogen-bond acceptors (Lipinski definition) is 2. The fourth-order valence-corrected chi connectivity index (χ4v) is 1.24. The lowest BCUT2D eigenvalue weighted by molar-refractivity contribution is 0.0430. The van der Waals surface area contributed by atoms with Crippen LogP contribution in [0.3, 0.4) is 0 Å². The second-order valence-electron chi connectivity index (χ2n) is 2.88. The predicted octanol–water partition coefficient (Wildman–Crippen LogP) is 0.316. The molecule has 0 heterocycles. The van der Waals surface area contributed by atoms with E-state index in [1.807, 2.05) is 0 Å². The number of halogens is 1. The van der Waals surface area contributed by atoms with Crippen molar-refractivity contribution in [2.75, 3.05) is 19.8 Å². The molecule has 3 heteroatoms. The smallest absolute Gasteiger partial charge is 0.102 e. The first-order valence-electron chi connectivity index (χ1n) is 3.77. The fraction of sp³-hybridized carbons (Fsp3) is 1.00. The Bertz CT molecular complexity index is 93.6. The van der Waals surface area contributed by atoms with E-state index in [9.17, 15) is 4.39 Å². The largest absolute Gasteiger partial charge is 0.393 e. The molecule has 0 aromatic carbocycles. The van der Waals surface area contributed by atoms with Gasteiger partial charge in [-0.05, 0) is 25.3 Å². The van der Waals surface area contributed by atoms with Gasteiger partial charge in [-0.3, -0.25) is 0 Å². The van der Waals surface area contributed by atoms with Gasteiger partial charge in [0.25, 0.3) is 0 Å². The first-order valence-corrected chi connectivity index (χ1v) is 3.77. The molecule has 60 valence electrons. The van der Waals surface area contributed by atoms with E-state index < -0.39 is 0 Å². The molecule has 1 fully saturated rings. The van der Waals surface area contributed by atoms with E-state index in [0.29, 0.717) is 12.5 Å². The molecule has 1 saturated carbocycles. The maximum Gasteiger partial charge on any atom is 0.102 e. The van der Waals surface area contributed by atoms with Crippen molar-refractivity contribution < 1.29 is 9.50 Å². The SMILES string of the molecule is OC1CC(CNCCF)C1. The van der Waals surface area contributed by atoms with Gasteiger partial charge in [0.05, 0.1) is 6.10 Å². The molecule has 0 radical (unpaired) electrons. The summed E-state index contributed by atoms with van der Waals surface area (Å²) in [5.74, 6) is 0.585. The van der Waals surface area contributed by atoms with Crippen molar-refractivity contribution in [1.82, 2.24) is 5.32 Å². The Labute approximate surface area is 60.4 Å². The summed E-state index contributed by atoms with van der Waals surface area (Å²) in [5.41, 5.74) is 0. The van der Waals surface area contributed by atoms with E-state index in [1.165, 1.54) is 0 Å². The highest BCUT2D eigenvalue weighted by Crippen LogP contribution is 2.25. The molecule has 0 spiro atoms. The molecular weight excluding hydrogens is 133 g/mol. The van der Waals surface area contributed by atoms with Crippen molar-refractivity contribution in [3.8, 4) is 0 Å². The van der Waals surface area contributed by atoms with Crippen LogP contribution in [0, 0.1) is 5.92 Å². The maximum absolute atomic E-state index is 11.5. The molecule has 0 aliphatic heterocycles. The minimum atomic E-state index is -0.296. The second kappa shape index (κ2) is 3.88. The Hall–Kier alpha value is -0.150. The van der Waals surface area contributed by atoms with Gasteiger partial charge in [-0.2, -0.15) is 0 Å². The van der Waals surface area contributed by atoms with Crippen LogP contribution in [0.25, 0.3) is 0 Å². The molecular formula is C7H14FNO. The number of rotatable bonds is 4. The molecule has 1 rings (SSSR count). The van der Waals surface area contributed by atoms with Crippen LogP contribution in [-0.4, -0.2) is 31.0 Å². The highest BCUT2D eigenvalue weighted by molar-refractivity contribution is 4.79. The lowest BCUT2D eigenvalue weighted by Gasteiger charge is -2.31. The van der Waals surface area contributed by atoms with Crippen molar-refractivity contribution in [3.63, 3.8) is 0 Å². The van der Waals surface area contributed by atoms with Crippen LogP contribution in [-0.2, 0) is 0 Å². The zero-order valence-corrected chi connectivity index (χ0v) is 6.02. The van der Waals surface area contributed by atoms with Crippen LogP contribution in [0.15, 0.2) is 0 Å². The molecule has 0 saturated heterocycles. The quantitative estimate of drug-likeness (QED) is 0.561. The number of alkyl halides is 1. The molecule has 10 heavy (non-hydrogen) atoms. The van der Waals surface area contributed by atoms with Gasteiger partial charge in [0.2, 0.25) is 0 Å².